The van der Waals surface area contributed by atoms with E-state index in [4.69, 9.17) is 0 Å². The van der Waals surface area contributed by atoms with Crippen LogP contribution in [0.3, 0.4) is 0 Å². The topological polar surface area (TPSA) is 57.2 Å². The fourth-order valence-corrected chi connectivity index (χ4v) is 5.05. The summed E-state index contributed by atoms with van der Waals surface area (Å²) in [5.74, 6) is 0. The summed E-state index contributed by atoms with van der Waals surface area (Å²) >= 11 is 0. The minimum Gasteiger partial charge on any atom is -0.744 e. The fraction of sp³-hybridized carbons (Fsp3) is 0.769. The smallest absolute Gasteiger partial charge is 0.744 e. The van der Waals surface area contributed by atoms with Crippen molar-refractivity contribution in [2.75, 3.05) is 0 Å². The van der Waals surface area contributed by atoms with Gasteiger partial charge in [-0.05, 0) is 61.3 Å². The Morgan fingerprint density at radius 2 is 1.06 bits per heavy atom. The van der Waals surface area contributed by atoms with E-state index < -0.39 is 10.1 Å². The average molecular weight is 461 g/mol. The van der Waals surface area contributed by atoms with Crippen LogP contribution in [-0.2, 0) is 29.4 Å². The maximum absolute atomic E-state index is 11.9. The van der Waals surface area contributed by atoms with Gasteiger partial charge in [0.15, 0.2) is 0 Å². The minimum atomic E-state index is -4.43. The molecule has 0 atom stereocenters. The number of hydrogen-bond acceptors (Lipinski definition) is 3. The Morgan fingerprint density at radius 1 is 0.613 bits per heavy atom. The first-order chi connectivity index (χ1) is 14.5. The molecule has 174 valence electrons. The van der Waals surface area contributed by atoms with Crippen molar-refractivity contribution in [3.8, 4) is 0 Å². The summed E-state index contributed by atoms with van der Waals surface area (Å²) in [5.41, 5.74) is 3.23. The van der Waals surface area contributed by atoms with E-state index in [0.29, 0.717) is 6.42 Å². The summed E-state index contributed by atoms with van der Waals surface area (Å²) in [6.07, 6.45) is 19.4. The van der Waals surface area contributed by atoms with Gasteiger partial charge in [0.1, 0.15) is 10.1 Å². The Balaban J connectivity index is 0.00000900. The number of unbranched alkanes of at least 4 members (excludes halogenated alkanes) is 11. The molecule has 0 aliphatic carbocycles. The number of rotatable bonds is 18. The van der Waals surface area contributed by atoms with Gasteiger partial charge in [-0.3, -0.25) is 0 Å². The van der Waals surface area contributed by atoms with E-state index in [2.05, 4.69) is 20.8 Å². The Bertz CT molecular complexity index is 686. The maximum Gasteiger partial charge on any atom is 1.00 e. The molecule has 0 unspecified atom stereocenters. The van der Waals surface area contributed by atoms with Gasteiger partial charge in [-0.25, -0.2) is 8.42 Å². The summed E-state index contributed by atoms with van der Waals surface area (Å²) < 4.78 is 35.8. The van der Waals surface area contributed by atoms with Gasteiger partial charge < -0.3 is 4.55 Å². The van der Waals surface area contributed by atoms with E-state index in [9.17, 15) is 13.0 Å². The SMILES string of the molecule is CCCCCCCCCCCCc1c(S(=O)(=O)[O-])ccc(CCCC)c1CCCC.[Na+]. The van der Waals surface area contributed by atoms with Crippen molar-refractivity contribution in [2.24, 2.45) is 0 Å². The molecule has 3 nitrogen and oxygen atoms in total. The molecule has 1 aromatic carbocycles. The van der Waals surface area contributed by atoms with Crippen molar-refractivity contribution in [1.82, 2.24) is 0 Å². The molecule has 31 heavy (non-hydrogen) atoms. The summed E-state index contributed by atoms with van der Waals surface area (Å²) in [5, 5.41) is 0. The number of aryl methyl sites for hydroxylation is 1. The van der Waals surface area contributed by atoms with Gasteiger partial charge in [0.25, 0.3) is 0 Å². The van der Waals surface area contributed by atoms with Gasteiger partial charge in [0.05, 0.1) is 4.90 Å². The largest absolute Gasteiger partial charge is 1.00 e. The molecule has 0 amide bonds. The van der Waals surface area contributed by atoms with Crippen LogP contribution in [0.25, 0.3) is 0 Å². The van der Waals surface area contributed by atoms with Gasteiger partial charge in [0, 0.05) is 0 Å². The normalized spacial score (nSPS) is 11.5. The second-order valence-corrected chi connectivity index (χ2v) is 10.1. The second kappa shape index (κ2) is 18.5. The molecule has 1 aromatic rings. The molecular weight excluding hydrogens is 415 g/mol. The predicted molar refractivity (Wildman–Crippen MR) is 127 cm³/mol. The van der Waals surface area contributed by atoms with Crippen molar-refractivity contribution >= 4 is 10.1 Å². The zero-order valence-electron chi connectivity index (χ0n) is 20.8. The van der Waals surface area contributed by atoms with Crippen LogP contribution in [0.15, 0.2) is 17.0 Å². The molecule has 1 rings (SSSR count). The van der Waals surface area contributed by atoms with Gasteiger partial charge in [0.2, 0.25) is 0 Å². The first-order valence-corrected chi connectivity index (χ1v) is 14.0. The van der Waals surface area contributed by atoms with Crippen LogP contribution in [-0.4, -0.2) is 13.0 Å². The van der Waals surface area contributed by atoms with E-state index >= 15 is 0 Å². The summed E-state index contributed by atoms with van der Waals surface area (Å²) in [4.78, 5) is 0.0322. The van der Waals surface area contributed by atoms with Gasteiger partial charge in [-0.15, -0.1) is 0 Å². The quantitative estimate of drug-likeness (QED) is 0.181. The molecular formula is C26H45NaO3S. The van der Waals surface area contributed by atoms with Crippen molar-refractivity contribution in [3.05, 3.63) is 28.8 Å². The molecule has 0 bridgehead atoms. The minimum absolute atomic E-state index is 0. The third-order valence-electron chi connectivity index (χ3n) is 6.11. The van der Waals surface area contributed by atoms with E-state index in [0.717, 1.165) is 62.5 Å². The van der Waals surface area contributed by atoms with Crippen molar-refractivity contribution in [2.45, 2.75) is 135 Å². The van der Waals surface area contributed by atoms with Gasteiger partial charge in [-0.1, -0.05) is 97.5 Å². The summed E-state index contributed by atoms with van der Waals surface area (Å²) in [7, 11) is -4.43. The number of benzene rings is 1. The molecule has 0 heterocycles. The van der Waals surface area contributed by atoms with Crippen LogP contribution < -0.4 is 29.6 Å². The molecule has 0 aliphatic heterocycles. The Hall–Kier alpha value is 0.130. The fourth-order valence-electron chi connectivity index (χ4n) is 4.28. The van der Waals surface area contributed by atoms with E-state index in [1.807, 2.05) is 6.07 Å². The third-order valence-corrected chi connectivity index (χ3v) is 7.04. The van der Waals surface area contributed by atoms with Crippen molar-refractivity contribution in [3.63, 3.8) is 0 Å². The Morgan fingerprint density at radius 3 is 1.58 bits per heavy atom. The molecule has 0 aromatic heterocycles. The monoisotopic (exact) mass is 460 g/mol. The van der Waals surface area contributed by atoms with Crippen LogP contribution in [0.5, 0.6) is 0 Å². The molecule has 0 saturated carbocycles. The zero-order valence-corrected chi connectivity index (χ0v) is 23.6. The zero-order chi connectivity index (χ0) is 22.2. The first kappa shape index (κ1) is 31.1. The van der Waals surface area contributed by atoms with Crippen LogP contribution in [0.2, 0.25) is 0 Å². The Kier molecular flexibility index (Phi) is 18.6. The second-order valence-electron chi connectivity index (χ2n) is 8.77. The Labute approximate surface area is 215 Å². The van der Waals surface area contributed by atoms with Gasteiger partial charge >= 0.3 is 29.6 Å². The molecule has 0 spiro atoms. The predicted octanol–water partition coefficient (Wildman–Crippen LogP) is 4.74. The average Bonchev–Trinajstić information content (AvgIpc) is 2.71. The molecule has 5 heteroatoms. The van der Waals surface area contributed by atoms with Crippen LogP contribution in [0.1, 0.15) is 127 Å². The first-order valence-electron chi connectivity index (χ1n) is 12.5. The standard InChI is InChI=1S/C26H46O3S.Na/c1-4-7-10-11-12-13-14-15-16-17-20-25-24(19-9-6-3)23(18-8-5-2)21-22-26(25)30(27,28)29;/h21-22H,4-20H2,1-3H3,(H,27,28,29);/q;+1/p-1. The van der Waals surface area contributed by atoms with E-state index in [1.165, 1.54) is 56.9 Å². The van der Waals surface area contributed by atoms with Gasteiger partial charge in [-0.2, -0.15) is 0 Å². The van der Waals surface area contributed by atoms with Crippen LogP contribution in [0.4, 0.5) is 0 Å². The summed E-state index contributed by atoms with van der Waals surface area (Å²) in [6.45, 7) is 6.57. The third kappa shape index (κ3) is 12.8. The van der Waals surface area contributed by atoms with Crippen molar-refractivity contribution < 1.29 is 42.5 Å². The van der Waals surface area contributed by atoms with Crippen molar-refractivity contribution in [1.29, 1.82) is 0 Å². The molecule has 0 fully saturated rings. The molecule has 0 saturated heterocycles. The number of hydrogen-bond donors (Lipinski definition) is 0. The van der Waals surface area contributed by atoms with Crippen LogP contribution in [0, 0.1) is 0 Å². The molecule has 0 radical (unpaired) electrons. The maximum atomic E-state index is 11.9. The van der Waals surface area contributed by atoms with E-state index in [1.54, 1.807) is 6.07 Å². The van der Waals surface area contributed by atoms with Crippen LogP contribution >= 0.6 is 0 Å². The summed E-state index contributed by atoms with van der Waals surface area (Å²) in [6, 6.07) is 3.47. The molecule has 0 N–H and O–H groups in total. The molecule has 0 aliphatic rings. The van der Waals surface area contributed by atoms with E-state index in [-0.39, 0.29) is 34.5 Å².